The zero-order valence-corrected chi connectivity index (χ0v) is 11.7. The van der Waals surface area contributed by atoms with Crippen molar-refractivity contribution in [2.24, 2.45) is 0 Å². The van der Waals surface area contributed by atoms with Crippen LogP contribution in [-0.2, 0) is 6.54 Å². The lowest BCUT2D eigenvalue weighted by atomic mass is 10.1. The molecule has 0 spiro atoms. The monoisotopic (exact) mass is 277 g/mol. The molecule has 6 heteroatoms. The molecule has 0 saturated heterocycles. The van der Waals surface area contributed by atoms with E-state index >= 15 is 0 Å². The maximum Gasteiger partial charge on any atom is 0.343 e. The van der Waals surface area contributed by atoms with Gasteiger partial charge in [0.15, 0.2) is 10.9 Å². The number of aromatic nitrogens is 3. The summed E-state index contributed by atoms with van der Waals surface area (Å²) in [7, 11) is 0. The Balaban J connectivity index is 2.20. The number of rotatable bonds is 5. The van der Waals surface area contributed by atoms with Crippen molar-refractivity contribution >= 4 is 17.5 Å². The van der Waals surface area contributed by atoms with Gasteiger partial charge in [-0.25, -0.2) is 9.89 Å². The number of carbonyl (C=O) groups is 1. The number of benzene rings is 1. The van der Waals surface area contributed by atoms with Crippen molar-refractivity contribution in [1.82, 2.24) is 14.8 Å². The second kappa shape index (κ2) is 5.88. The first-order valence-corrected chi connectivity index (χ1v) is 6.93. The molecule has 1 heterocycles. The van der Waals surface area contributed by atoms with E-state index in [1.807, 2.05) is 26.0 Å². The van der Waals surface area contributed by atoms with Gasteiger partial charge in [-0.15, -0.1) is 5.10 Å². The van der Waals surface area contributed by atoms with Gasteiger partial charge in [0, 0.05) is 23.4 Å². The van der Waals surface area contributed by atoms with Crippen molar-refractivity contribution in [1.29, 1.82) is 0 Å². The molecule has 0 aliphatic rings. The minimum Gasteiger partial charge on any atom is -0.294 e. The summed E-state index contributed by atoms with van der Waals surface area (Å²) in [5, 5.41) is 7.03. The molecule has 1 aromatic heterocycles. The number of carbonyl (C=O) groups excluding carboxylic acids is 1. The Morgan fingerprint density at radius 1 is 1.32 bits per heavy atom. The summed E-state index contributed by atoms with van der Waals surface area (Å²) in [4.78, 5) is 23.9. The fraction of sp³-hybridized carbons (Fsp3) is 0.308. The Morgan fingerprint density at radius 3 is 2.58 bits per heavy atom. The van der Waals surface area contributed by atoms with Crippen LogP contribution in [0, 0.1) is 0 Å². The van der Waals surface area contributed by atoms with Gasteiger partial charge in [0.05, 0.1) is 0 Å². The van der Waals surface area contributed by atoms with Gasteiger partial charge >= 0.3 is 5.69 Å². The molecule has 5 nitrogen and oxygen atoms in total. The van der Waals surface area contributed by atoms with E-state index in [2.05, 4.69) is 10.2 Å². The number of nitrogens with one attached hydrogen (secondary N) is 1. The summed E-state index contributed by atoms with van der Waals surface area (Å²) in [6, 6.07) is 7.34. The molecule has 0 amide bonds. The molecule has 0 unspecified atom stereocenters. The molecule has 1 N–H and O–H groups in total. The number of Topliss-reactive ketones (excluding diaryl/α,β-unsaturated/α-hetero) is 1. The van der Waals surface area contributed by atoms with Gasteiger partial charge in [-0.1, -0.05) is 19.1 Å². The summed E-state index contributed by atoms with van der Waals surface area (Å²) < 4.78 is 1.57. The highest BCUT2D eigenvalue weighted by atomic mass is 32.2. The highest BCUT2D eigenvalue weighted by molar-refractivity contribution is 7.99. The Hall–Kier alpha value is -1.82. The first-order chi connectivity index (χ1) is 9.15. The molecule has 0 saturated carbocycles. The van der Waals surface area contributed by atoms with E-state index in [9.17, 15) is 9.59 Å². The zero-order valence-electron chi connectivity index (χ0n) is 10.8. The number of hydrogen-bond donors (Lipinski definition) is 1. The van der Waals surface area contributed by atoms with Gasteiger partial charge < -0.3 is 0 Å². The van der Waals surface area contributed by atoms with Crippen LogP contribution in [0.15, 0.2) is 39.1 Å². The van der Waals surface area contributed by atoms with E-state index in [4.69, 9.17) is 0 Å². The molecule has 2 rings (SSSR count). The third kappa shape index (κ3) is 2.96. The van der Waals surface area contributed by atoms with Gasteiger partial charge in [0.2, 0.25) is 0 Å². The number of aromatic amines is 1. The molecule has 0 aliphatic heterocycles. The topological polar surface area (TPSA) is 67.8 Å². The lowest BCUT2D eigenvalue weighted by Crippen LogP contribution is -2.15. The summed E-state index contributed by atoms with van der Waals surface area (Å²) in [5.41, 5.74) is 0.504. The lowest BCUT2D eigenvalue weighted by Gasteiger charge is -2.03. The number of hydrogen-bond acceptors (Lipinski definition) is 4. The SMILES string of the molecule is CCC(=O)c1ccc(Sc2n[nH]c(=O)n2CC)cc1. The molecule has 0 bridgehead atoms. The number of ketones is 1. The number of H-pyrrole nitrogens is 1. The standard InChI is InChI=1S/C13H15N3O2S/c1-3-11(17)9-5-7-10(8-6-9)19-13-15-14-12(18)16(13)4-2/h5-8H,3-4H2,1-2H3,(H,14,18). The highest BCUT2D eigenvalue weighted by Gasteiger charge is 2.09. The Morgan fingerprint density at radius 2 is 2.00 bits per heavy atom. The Labute approximate surface area is 115 Å². The average molecular weight is 277 g/mol. The Bertz CT molecular complexity index is 628. The molecule has 100 valence electrons. The van der Waals surface area contributed by atoms with Gasteiger partial charge in [0.1, 0.15) is 0 Å². The molecular weight excluding hydrogens is 262 g/mol. The summed E-state index contributed by atoms with van der Waals surface area (Å²) in [5.74, 6) is 0.127. The van der Waals surface area contributed by atoms with Gasteiger partial charge in [-0.2, -0.15) is 0 Å². The van der Waals surface area contributed by atoms with E-state index in [1.165, 1.54) is 11.8 Å². The van der Waals surface area contributed by atoms with Crippen LogP contribution < -0.4 is 5.69 Å². The predicted molar refractivity (Wildman–Crippen MR) is 73.7 cm³/mol. The average Bonchev–Trinajstić information content (AvgIpc) is 2.79. The molecule has 19 heavy (non-hydrogen) atoms. The van der Waals surface area contributed by atoms with Gasteiger partial charge in [-0.05, 0) is 30.8 Å². The van der Waals surface area contributed by atoms with Crippen LogP contribution in [-0.4, -0.2) is 20.5 Å². The first kappa shape index (κ1) is 13.6. The fourth-order valence-electron chi connectivity index (χ4n) is 1.68. The van der Waals surface area contributed by atoms with Crippen molar-refractivity contribution in [3.8, 4) is 0 Å². The minimum atomic E-state index is -0.206. The van der Waals surface area contributed by atoms with Crippen molar-refractivity contribution in [3.63, 3.8) is 0 Å². The molecule has 0 aliphatic carbocycles. The summed E-state index contributed by atoms with van der Waals surface area (Å²) in [6.45, 7) is 4.31. The van der Waals surface area contributed by atoms with E-state index in [-0.39, 0.29) is 11.5 Å². The van der Waals surface area contributed by atoms with Crippen LogP contribution in [0.5, 0.6) is 0 Å². The molecule has 2 aromatic rings. The van der Waals surface area contributed by atoms with Crippen LogP contribution in [0.25, 0.3) is 0 Å². The molecule has 0 atom stereocenters. The molecular formula is C13H15N3O2S. The van der Waals surface area contributed by atoms with Crippen LogP contribution in [0.3, 0.4) is 0 Å². The van der Waals surface area contributed by atoms with Crippen LogP contribution >= 0.6 is 11.8 Å². The van der Waals surface area contributed by atoms with Crippen molar-refractivity contribution in [2.75, 3.05) is 0 Å². The van der Waals surface area contributed by atoms with Gasteiger partial charge in [0.25, 0.3) is 0 Å². The normalized spacial score (nSPS) is 10.6. The van der Waals surface area contributed by atoms with E-state index in [1.54, 1.807) is 16.7 Å². The van der Waals surface area contributed by atoms with Crippen molar-refractivity contribution < 1.29 is 4.79 Å². The van der Waals surface area contributed by atoms with Crippen molar-refractivity contribution in [3.05, 3.63) is 40.3 Å². The first-order valence-electron chi connectivity index (χ1n) is 6.12. The molecule has 0 fully saturated rings. The van der Waals surface area contributed by atoms with Crippen LogP contribution in [0.2, 0.25) is 0 Å². The third-order valence-corrected chi connectivity index (χ3v) is 3.75. The Kier molecular flexibility index (Phi) is 4.21. The lowest BCUT2D eigenvalue weighted by molar-refractivity contribution is 0.0988. The second-order valence-corrected chi connectivity index (χ2v) is 5.00. The largest absolute Gasteiger partial charge is 0.343 e. The minimum absolute atomic E-state index is 0.127. The quantitative estimate of drug-likeness (QED) is 0.852. The summed E-state index contributed by atoms with van der Waals surface area (Å²) in [6.07, 6.45) is 0.501. The number of nitrogens with zero attached hydrogens (tertiary/aromatic N) is 2. The zero-order chi connectivity index (χ0) is 13.8. The van der Waals surface area contributed by atoms with E-state index in [0.717, 1.165) is 4.90 Å². The highest BCUT2D eigenvalue weighted by Crippen LogP contribution is 2.25. The fourth-order valence-corrected chi connectivity index (χ4v) is 2.57. The van der Waals surface area contributed by atoms with Gasteiger partial charge in [-0.3, -0.25) is 9.36 Å². The van der Waals surface area contributed by atoms with Crippen molar-refractivity contribution in [2.45, 2.75) is 36.9 Å². The van der Waals surface area contributed by atoms with E-state index in [0.29, 0.717) is 23.7 Å². The molecule has 1 aromatic carbocycles. The summed E-state index contributed by atoms with van der Waals surface area (Å²) >= 11 is 1.40. The maximum atomic E-state index is 11.5. The predicted octanol–water partition coefficient (Wildman–Crippen LogP) is 2.34. The van der Waals surface area contributed by atoms with Crippen LogP contribution in [0.1, 0.15) is 30.6 Å². The third-order valence-electron chi connectivity index (χ3n) is 2.75. The second-order valence-electron chi connectivity index (χ2n) is 3.96. The van der Waals surface area contributed by atoms with E-state index < -0.39 is 0 Å². The maximum absolute atomic E-state index is 11.5. The smallest absolute Gasteiger partial charge is 0.294 e. The molecule has 0 radical (unpaired) electrons. The van der Waals surface area contributed by atoms with Crippen LogP contribution in [0.4, 0.5) is 0 Å².